The Morgan fingerprint density at radius 1 is 1.50 bits per heavy atom. The summed E-state index contributed by atoms with van der Waals surface area (Å²) in [5.74, 6) is -0.440. The van der Waals surface area contributed by atoms with Crippen LogP contribution in [0.3, 0.4) is 0 Å². The van der Waals surface area contributed by atoms with Crippen molar-refractivity contribution in [3.05, 3.63) is 30.0 Å². The molecule has 0 bridgehead atoms. The van der Waals surface area contributed by atoms with Crippen molar-refractivity contribution >= 4 is 16.8 Å². The molecule has 0 fully saturated rings. The Labute approximate surface area is 92.5 Å². The van der Waals surface area contributed by atoms with Crippen molar-refractivity contribution in [3.63, 3.8) is 0 Å². The minimum Gasteiger partial charge on any atom is -0.396 e. The second kappa shape index (κ2) is 4.32. The predicted octanol–water partition coefficient (Wildman–Crippen LogP) is 0.518. The third-order valence-corrected chi connectivity index (χ3v) is 2.38. The number of amides is 1. The van der Waals surface area contributed by atoms with Crippen molar-refractivity contribution in [2.75, 3.05) is 6.61 Å². The Balaban J connectivity index is 2.34. The lowest BCUT2D eigenvalue weighted by molar-refractivity contribution is 0.100. The number of aromatic nitrogens is 2. The van der Waals surface area contributed by atoms with Crippen molar-refractivity contribution in [2.45, 2.75) is 13.0 Å². The van der Waals surface area contributed by atoms with E-state index >= 15 is 0 Å². The van der Waals surface area contributed by atoms with Crippen LogP contribution in [0.5, 0.6) is 0 Å². The number of carbonyl (C=O) groups excluding carboxylic acids is 1. The van der Waals surface area contributed by atoms with Crippen LogP contribution in [0.15, 0.2) is 24.4 Å². The van der Waals surface area contributed by atoms with E-state index in [9.17, 15) is 4.79 Å². The van der Waals surface area contributed by atoms with Gasteiger partial charge in [-0.15, -0.1) is 0 Å². The smallest absolute Gasteiger partial charge is 0.248 e. The molecule has 2 aromatic rings. The van der Waals surface area contributed by atoms with Gasteiger partial charge < -0.3 is 10.8 Å². The van der Waals surface area contributed by atoms with Crippen LogP contribution >= 0.6 is 0 Å². The number of rotatable bonds is 4. The Bertz CT molecular complexity index is 519. The van der Waals surface area contributed by atoms with E-state index in [2.05, 4.69) is 5.10 Å². The first-order valence-corrected chi connectivity index (χ1v) is 5.08. The van der Waals surface area contributed by atoms with Gasteiger partial charge in [0, 0.05) is 30.3 Å². The number of fused-ring (bicyclic) bond motifs is 1. The first-order valence-electron chi connectivity index (χ1n) is 5.08. The van der Waals surface area contributed by atoms with Crippen molar-refractivity contribution in [1.82, 2.24) is 9.78 Å². The highest BCUT2D eigenvalue weighted by Crippen LogP contribution is 2.14. The Morgan fingerprint density at radius 2 is 2.31 bits per heavy atom. The quantitative estimate of drug-likeness (QED) is 0.786. The van der Waals surface area contributed by atoms with Crippen molar-refractivity contribution in [2.24, 2.45) is 5.73 Å². The lowest BCUT2D eigenvalue weighted by Gasteiger charge is -1.95. The van der Waals surface area contributed by atoms with Gasteiger partial charge in [0.15, 0.2) is 0 Å². The van der Waals surface area contributed by atoms with E-state index < -0.39 is 5.91 Å². The summed E-state index contributed by atoms with van der Waals surface area (Å²) in [5, 5.41) is 13.9. The maximum Gasteiger partial charge on any atom is 0.248 e. The molecule has 0 saturated heterocycles. The number of nitrogens with zero attached hydrogens (tertiary/aromatic N) is 2. The molecule has 1 heterocycles. The summed E-state index contributed by atoms with van der Waals surface area (Å²) in [6.07, 6.45) is 2.51. The maximum absolute atomic E-state index is 11.0. The lowest BCUT2D eigenvalue weighted by atomic mass is 10.1. The molecule has 0 atom stereocenters. The number of benzene rings is 1. The molecule has 0 aliphatic rings. The highest BCUT2D eigenvalue weighted by atomic mass is 16.3. The second-order valence-corrected chi connectivity index (χ2v) is 3.61. The molecular formula is C11H13N3O2. The molecule has 0 spiro atoms. The van der Waals surface area contributed by atoms with Gasteiger partial charge in [0.05, 0.1) is 5.52 Å². The van der Waals surface area contributed by atoms with Crippen LogP contribution < -0.4 is 5.73 Å². The van der Waals surface area contributed by atoms with Gasteiger partial charge in [0.25, 0.3) is 0 Å². The average molecular weight is 219 g/mol. The first-order chi connectivity index (χ1) is 7.70. The third kappa shape index (κ3) is 2.04. The molecule has 1 aromatic carbocycles. The Hall–Kier alpha value is -1.88. The van der Waals surface area contributed by atoms with Crippen LogP contribution in [0.2, 0.25) is 0 Å². The van der Waals surface area contributed by atoms with E-state index in [1.54, 1.807) is 22.9 Å². The van der Waals surface area contributed by atoms with E-state index in [-0.39, 0.29) is 6.61 Å². The molecule has 2 rings (SSSR count). The predicted molar refractivity (Wildman–Crippen MR) is 60.0 cm³/mol. The standard InChI is InChI=1S/C11H13N3O2/c12-11(16)8-2-3-10-9(6-8)7-14(13-10)4-1-5-15/h2-3,6-7,15H,1,4-5H2,(H2,12,16). The van der Waals surface area contributed by atoms with Gasteiger partial charge in [0.2, 0.25) is 5.91 Å². The number of nitrogens with two attached hydrogens (primary N) is 1. The summed E-state index contributed by atoms with van der Waals surface area (Å²) in [4.78, 5) is 11.0. The van der Waals surface area contributed by atoms with Gasteiger partial charge in [-0.1, -0.05) is 0 Å². The zero-order chi connectivity index (χ0) is 11.5. The minimum atomic E-state index is -0.440. The number of aliphatic hydroxyl groups is 1. The molecule has 1 aromatic heterocycles. The van der Waals surface area contributed by atoms with E-state index in [0.29, 0.717) is 18.5 Å². The largest absolute Gasteiger partial charge is 0.396 e. The fourth-order valence-corrected chi connectivity index (χ4v) is 1.58. The number of hydrogen-bond acceptors (Lipinski definition) is 3. The zero-order valence-corrected chi connectivity index (χ0v) is 8.76. The summed E-state index contributed by atoms with van der Waals surface area (Å²) in [6, 6.07) is 5.15. The lowest BCUT2D eigenvalue weighted by Crippen LogP contribution is -2.10. The van der Waals surface area contributed by atoms with Crippen LogP contribution in [0.25, 0.3) is 10.9 Å². The van der Waals surface area contributed by atoms with E-state index in [1.165, 1.54) is 0 Å². The van der Waals surface area contributed by atoms with Gasteiger partial charge >= 0.3 is 0 Å². The normalized spacial score (nSPS) is 10.8. The summed E-state index contributed by atoms with van der Waals surface area (Å²) in [6.45, 7) is 0.805. The molecule has 0 saturated carbocycles. The van der Waals surface area contributed by atoms with Crippen LogP contribution in [0, 0.1) is 0 Å². The summed E-state index contributed by atoms with van der Waals surface area (Å²) in [7, 11) is 0. The second-order valence-electron chi connectivity index (χ2n) is 3.61. The van der Waals surface area contributed by atoms with Crippen molar-refractivity contribution in [3.8, 4) is 0 Å². The highest BCUT2D eigenvalue weighted by molar-refractivity contribution is 5.96. The molecule has 5 nitrogen and oxygen atoms in total. The van der Waals surface area contributed by atoms with Crippen molar-refractivity contribution in [1.29, 1.82) is 0 Å². The third-order valence-electron chi connectivity index (χ3n) is 2.38. The van der Waals surface area contributed by atoms with Gasteiger partial charge in [-0.2, -0.15) is 5.10 Å². The Morgan fingerprint density at radius 3 is 3.00 bits per heavy atom. The molecule has 3 N–H and O–H groups in total. The molecule has 0 radical (unpaired) electrons. The van der Waals surface area contributed by atoms with E-state index in [4.69, 9.17) is 10.8 Å². The topological polar surface area (TPSA) is 81.1 Å². The molecule has 0 aliphatic carbocycles. The Kier molecular flexibility index (Phi) is 2.87. The molecule has 1 amide bonds. The van der Waals surface area contributed by atoms with Crippen LogP contribution in [0.1, 0.15) is 16.8 Å². The highest BCUT2D eigenvalue weighted by Gasteiger charge is 2.04. The van der Waals surface area contributed by atoms with Gasteiger partial charge in [0.1, 0.15) is 0 Å². The summed E-state index contributed by atoms with van der Waals surface area (Å²) in [5.41, 5.74) is 6.50. The monoisotopic (exact) mass is 219 g/mol. The molecule has 5 heteroatoms. The van der Waals surface area contributed by atoms with E-state index in [0.717, 1.165) is 10.9 Å². The first kappa shape index (κ1) is 10.6. The fraction of sp³-hybridized carbons (Fsp3) is 0.273. The number of primary amides is 1. The van der Waals surface area contributed by atoms with Crippen LogP contribution in [-0.2, 0) is 6.54 Å². The molecule has 0 unspecified atom stereocenters. The SMILES string of the molecule is NC(=O)c1ccc2nn(CCCO)cc2c1. The van der Waals surface area contributed by atoms with Gasteiger partial charge in [-0.25, -0.2) is 0 Å². The van der Waals surface area contributed by atoms with Gasteiger partial charge in [-0.3, -0.25) is 9.48 Å². The molecule has 0 aliphatic heterocycles. The molecule has 16 heavy (non-hydrogen) atoms. The number of aliphatic hydroxyl groups excluding tert-OH is 1. The number of aryl methyl sites for hydroxylation is 1. The summed E-state index contributed by atoms with van der Waals surface area (Å²) >= 11 is 0. The number of carbonyl (C=O) groups is 1. The average Bonchev–Trinajstić information content (AvgIpc) is 2.67. The van der Waals surface area contributed by atoms with Crippen LogP contribution in [0.4, 0.5) is 0 Å². The van der Waals surface area contributed by atoms with E-state index in [1.807, 2.05) is 6.20 Å². The van der Waals surface area contributed by atoms with Gasteiger partial charge in [-0.05, 0) is 24.6 Å². The fourth-order valence-electron chi connectivity index (χ4n) is 1.58. The molecule has 84 valence electrons. The summed E-state index contributed by atoms with van der Waals surface area (Å²) < 4.78 is 1.76. The van der Waals surface area contributed by atoms with Crippen LogP contribution in [-0.4, -0.2) is 27.4 Å². The minimum absolute atomic E-state index is 0.142. The maximum atomic E-state index is 11.0. The molecular weight excluding hydrogens is 206 g/mol. The van der Waals surface area contributed by atoms with Crippen molar-refractivity contribution < 1.29 is 9.90 Å². The number of hydrogen-bond donors (Lipinski definition) is 2. The zero-order valence-electron chi connectivity index (χ0n) is 8.76.